The van der Waals surface area contributed by atoms with Gasteiger partial charge in [-0.1, -0.05) is 31.2 Å². The average molecular weight is 282 g/mol. The Hall–Kier alpha value is -1.71. The molecule has 0 fully saturated rings. The van der Waals surface area contributed by atoms with E-state index in [-0.39, 0.29) is 6.04 Å². The standard InChI is InChI=1S/C17H18N2S/c1-2-18-16(11-13-8-10-20-12-13)17-15-6-4-3-5-14(15)7-9-19-17/h3-10,12,16,18H,2,11H2,1H3. The van der Waals surface area contributed by atoms with Crippen molar-refractivity contribution in [2.75, 3.05) is 6.54 Å². The van der Waals surface area contributed by atoms with Crippen LogP contribution in [0.25, 0.3) is 10.8 Å². The maximum atomic E-state index is 4.65. The number of nitrogens with one attached hydrogen (secondary N) is 1. The van der Waals surface area contributed by atoms with Crippen molar-refractivity contribution >= 4 is 22.1 Å². The van der Waals surface area contributed by atoms with E-state index < -0.39 is 0 Å². The zero-order valence-corrected chi connectivity index (χ0v) is 12.4. The zero-order valence-electron chi connectivity index (χ0n) is 11.5. The molecule has 3 heteroatoms. The molecule has 1 N–H and O–H groups in total. The van der Waals surface area contributed by atoms with Crippen LogP contribution in [-0.4, -0.2) is 11.5 Å². The molecule has 0 aliphatic heterocycles. The summed E-state index contributed by atoms with van der Waals surface area (Å²) in [7, 11) is 0. The minimum atomic E-state index is 0.265. The van der Waals surface area contributed by atoms with Crippen molar-refractivity contribution in [3.05, 3.63) is 64.6 Å². The molecule has 0 spiro atoms. The Balaban J connectivity index is 2.00. The maximum Gasteiger partial charge on any atom is 0.0654 e. The van der Waals surface area contributed by atoms with Gasteiger partial charge in [0.15, 0.2) is 0 Å². The number of hydrogen-bond acceptors (Lipinski definition) is 3. The van der Waals surface area contributed by atoms with Crippen LogP contribution in [0.2, 0.25) is 0 Å². The molecule has 1 aromatic carbocycles. The van der Waals surface area contributed by atoms with Gasteiger partial charge in [-0.3, -0.25) is 4.98 Å². The monoisotopic (exact) mass is 282 g/mol. The van der Waals surface area contributed by atoms with Crippen LogP contribution < -0.4 is 5.32 Å². The lowest BCUT2D eigenvalue weighted by molar-refractivity contribution is 0.541. The van der Waals surface area contributed by atoms with Crippen molar-refractivity contribution in [3.63, 3.8) is 0 Å². The fourth-order valence-electron chi connectivity index (χ4n) is 2.58. The van der Waals surface area contributed by atoms with Gasteiger partial charge in [0.2, 0.25) is 0 Å². The Morgan fingerprint density at radius 3 is 2.90 bits per heavy atom. The van der Waals surface area contributed by atoms with E-state index in [1.807, 2.05) is 6.20 Å². The molecule has 3 aromatic rings. The van der Waals surface area contributed by atoms with Crippen LogP contribution in [0.1, 0.15) is 24.2 Å². The Bertz CT molecular complexity index is 671. The molecule has 0 saturated carbocycles. The predicted molar refractivity (Wildman–Crippen MR) is 86.2 cm³/mol. The van der Waals surface area contributed by atoms with Crippen molar-refractivity contribution in [1.29, 1.82) is 0 Å². The highest BCUT2D eigenvalue weighted by atomic mass is 32.1. The van der Waals surface area contributed by atoms with Gasteiger partial charge in [0.1, 0.15) is 0 Å². The summed E-state index contributed by atoms with van der Waals surface area (Å²) in [5, 5.41) is 10.4. The number of thiophene rings is 1. The number of fused-ring (bicyclic) bond motifs is 1. The molecule has 20 heavy (non-hydrogen) atoms. The molecule has 1 unspecified atom stereocenters. The van der Waals surface area contributed by atoms with E-state index in [1.54, 1.807) is 11.3 Å². The third kappa shape index (κ3) is 2.74. The molecule has 2 heterocycles. The van der Waals surface area contributed by atoms with Crippen LogP contribution in [0.4, 0.5) is 0 Å². The first-order chi connectivity index (χ1) is 9.88. The quantitative estimate of drug-likeness (QED) is 0.759. The molecule has 2 aromatic heterocycles. The van der Waals surface area contributed by atoms with E-state index in [0.717, 1.165) is 18.7 Å². The summed E-state index contributed by atoms with van der Waals surface area (Å²) in [6.07, 6.45) is 2.90. The van der Waals surface area contributed by atoms with E-state index in [4.69, 9.17) is 0 Å². The second-order valence-electron chi connectivity index (χ2n) is 4.86. The second kappa shape index (κ2) is 6.16. The lowest BCUT2D eigenvalue weighted by Crippen LogP contribution is -2.24. The van der Waals surface area contributed by atoms with Crippen LogP contribution >= 0.6 is 11.3 Å². The molecule has 1 atom stereocenters. The average Bonchev–Trinajstić information content (AvgIpc) is 2.99. The van der Waals surface area contributed by atoms with Crippen molar-refractivity contribution in [1.82, 2.24) is 10.3 Å². The summed E-state index contributed by atoms with van der Waals surface area (Å²) < 4.78 is 0. The van der Waals surface area contributed by atoms with Crippen molar-refractivity contribution in [3.8, 4) is 0 Å². The predicted octanol–water partition coefficient (Wildman–Crippen LogP) is 4.19. The van der Waals surface area contributed by atoms with Gasteiger partial charge in [-0.05, 0) is 46.8 Å². The van der Waals surface area contributed by atoms with Gasteiger partial charge < -0.3 is 5.32 Å². The van der Waals surface area contributed by atoms with E-state index >= 15 is 0 Å². The highest BCUT2D eigenvalue weighted by Crippen LogP contribution is 2.25. The second-order valence-corrected chi connectivity index (χ2v) is 5.64. The van der Waals surface area contributed by atoms with E-state index in [9.17, 15) is 0 Å². The Morgan fingerprint density at radius 1 is 1.20 bits per heavy atom. The number of rotatable bonds is 5. The molecule has 2 nitrogen and oxygen atoms in total. The van der Waals surface area contributed by atoms with Crippen LogP contribution in [0, 0.1) is 0 Å². The lowest BCUT2D eigenvalue weighted by Gasteiger charge is -2.18. The summed E-state index contributed by atoms with van der Waals surface area (Å²) in [5.74, 6) is 0. The third-order valence-corrected chi connectivity index (χ3v) is 4.24. The van der Waals surface area contributed by atoms with Crippen molar-refractivity contribution < 1.29 is 0 Å². The third-order valence-electron chi connectivity index (χ3n) is 3.50. The Morgan fingerprint density at radius 2 is 2.10 bits per heavy atom. The summed E-state index contributed by atoms with van der Waals surface area (Å²) >= 11 is 1.75. The number of nitrogens with zero attached hydrogens (tertiary/aromatic N) is 1. The summed E-state index contributed by atoms with van der Waals surface area (Å²) in [6.45, 7) is 3.09. The van der Waals surface area contributed by atoms with Gasteiger partial charge in [-0.2, -0.15) is 11.3 Å². The normalized spacial score (nSPS) is 12.7. The molecular formula is C17H18N2S. The first kappa shape index (κ1) is 13.3. The number of pyridine rings is 1. The van der Waals surface area contributed by atoms with E-state index in [1.165, 1.54) is 16.3 Å². The van der Waals surface area contributed by atoms with Crippen molar-refractivity contribution in [2.24, 2.45) is 0 Å². The first-order valence-electron chi connectivity index (χ1n) is 6.96. The highest BCUT2D eigenvalue weighted by Gasteiger charge is 2.15. The molecule has 0 aliphatic rings. The largest absolute Gasteiger partial charge is 0.309 e. The molecule has 3 rings (SSSR count). The molecule has 0 bridgehead atoms. The molecule has 0 saturated heterocycles. The number of aromatic nitrogens is 1. The summed E-state index contributed by atoms with van der Waals surface area (Å²) in [4.78, 5) is 4.65. The number of benzene rings is 1. The molecular weight excluding hydrogens is 264 g/mol. The van der Waals surface area contributed by atoms with Gasteiger partial charge in [-0.15, -0.1) is 0 Å². The lowest BCUT2D eigenvalue weighted by atomic mass is 10.00. The smallest absolute Gasteiger partial charge is 0.0654 e. The number of likely N-dealkylation sites (N-methyl/N-ethyl adjacent to an activating group) is 1. The van der Waals surface area contributed by atoms with Gasteiger partial charge >= 0.3 is 0 Å². The van der Waals surface area contributed by atoms with Gasteiger partial charge in [0.05, 0.1) is 11.7 Å². The van der Waals surface area contributed by atoms with Crippen LogP contribution in [-0.2, 0) is 6.42 Å². The SMILES string of the molecule is CCNC(Cc1ccsc1)c1nccc2ccccc12. The van der Waals surface area contributed by atoms with E-state index in [0.29, 0.717) is 0 Å². The number of hydrogen-bond donors (Lipinski definition) is 1. The van der Waals surface area contributed by atoms with Crippen LogP contribution in [0.15, 0.2) is 53.4 Å². The first-order valence-corrected chi connectivity index (χ1v) is 7.91. The topological polar surface area (TPSA) is 24.9 Å². The van der Waals surface area contributed by atoms with E-state index in [2.05, 4.69) is 64.4 Å². The summed E-state index contributed by atoms with van der Waals surface area (Å²) in [5.41, 5.74) is 2.52. The zero-order chi connectivity index (χ0) is 13.8. The van der Waals surface area contributed by atoms with Crippen molar-refractivity contribution in [2.45, 2.75) is 19.4 Å². The molecule has 0 aliphatic carbocycles. The fourth-order valence-corrected chi connectivity index (χ4v) is 3.26. The molecule has 0 radical (unpaired) electrons. The Kier molecular flexibility index (Phi) is 4.09. The maximum absolute atomic E-state index is 4.65. The summed E-state index contributed by atoms with van der Waals surface area (Å²) in [6, 6.07) is 13.0. The van der Waals surface area contributed by atoms with Crippen LogP contribution in [0.5, 0.6) is 0 Å². The minimum Gasteiger partial charge on any atom is -0.309 e. The fraction of sp³-hybridized carbons (Fsp3) is 0.235. The minimum absolute atomic E-state index is 0.265. The van der Waals surface area contributed by atoms with Gasteiger partial charge in [-0.25, -0.2) is 0 Å². The van der Waals surface area contributed by atoms with Crippen LogP contribution in [0.3, 0.4) is 0 Å². The highest BCUT2D eigenvalue weighted by molar-refractivity contribution is 7.07. The van der Waals surface area contributed by atoms with Gasteiger partial charge in [0.25, 0.3) is 0 Å². The Labute approximate surface area is 123 Å². The molecule has 102 valence electrons. The molecule has 0 amide bonds. The van der Waals surface area contributed by atoms with Gasteiger partial charge in [0, 0.05) is 11.6 Å².